The monoisotopic (exact) mass is 505 g/mol. The molecule has 1 aliphatic rings. The van der Waals surface area contributed by atoms with Gasteiger partial charge in [0.25, 0.3) is 5.91 Å². The minimum Gasteiger partial charge on any atom is -0.357 e. The smallest absolute Gasteiger partial charge is 0.254 e. The molecule has 0 bridgehead atoms. The number of carbonyl (C=O) groups is 2. The van der Waals surface area contributed by atoms with Gasteiger partial charge in [0, 0.05) is 38.6 Å². The van der Waals surface area contributed by atoms with Gasteiger partial charge < -0.3 is 20.9 Å². The Labute approximate surface area is 182 Å². The summed E-state index contributed by atoms with van der Waals surface area (Å²) in [6.45, 7) is 6.62. The van der Waals surface area contributed by atoms with Crippen molar-refractivity contribution >= 4 is 41.8 Å². The fraction of sp³-hybridized carbons (Fsp3) is 0.526. The van der Waals surface area contributed by atoms with E-state index in [-0.39, 0.29) is 41.5 Å². The van der Waals surface area contributed by atoms with Crippen LogP contribution in [0.3, 0.4) is 0 Å². The molecule has 1 aliphatic heterocycles. The zero-order valence-corrected chi connectivity index (χ0v) is 18.7. The number of aliphatic imine (C=N–C) groups is 1. The van der Waals surface area contributed by atoms with Gasteiger partial charge in [0.2, 0.25) is 5.91 Å². The molecule has 0 aliphatic carbocycles. The Morgan fingerprint density at radius 3 is 2.68 bits per heavy atom. The third-order valence-electron chi connectivity index (χ3n) is 4.31. The number of nitrogens with one attached hydrogen (secondary N) is 3. The van der Waals surface area contributed by atoms with Gasteiger partial charge in [0.1, 0.15) is 5.82 Å². The van der Waals surface area contributed by atoms with Crippen molar-refractivity contribution in [3.63, 3.8) is 0 Å². The van der Waals surface area contributed by atoms with Crippen molar-refractivity contribution in [1.29, 1.82) is 0 Å². The average Bonchev–Trinajstić information content (AvgIpc) is 3.13. The molecule has 0 aromatic heterocycles. The summed E-state index contributed by atoms with van der Waals surface area (Å²) in [6, 6.07) is 6.03. The van der Waals surface area contributed by atoms with E-state index in [4.69, 9.17) is 0 Å². The number of hydrogen-bond acceptors (Lipinski definition) is 3. The topological polar surface area (TPSA) is 85.8 Å². The molecule has 2 amide bonds. The van der Waals surface area contributed by atoms with E-state index >= 15 is 0 Å². The predicted octanol–water partition coefficient (Wildman–Crippen LogP) is 1.74. The van der Waals surface area contributed by atoms with Gasteiger partial charge in [-0.3, -0.25) is 14.6 Å². The van der Waals surface area contributed by atoms with E-state index in [9.17, 15) is 14.0 Å². The van der Waals surface area contributed by atoms with Crippen LogP contribution >= 0.6 is 24.0 Å². The quantitative estimate of drug-likeness (QED) is 0.228. The van der Waals surface area contributed by atoms with E-state index < -0.39 is 11.7 Å². The van der Waals surface area contributed by atoms with Gasteiger partial charge in [-0.25, -0.2) is 4.39 Å². The summed E-state index contributed by atoms with van der Waals surface area (Å²) in [6.07, 6.45) is 1.39. The van der Waals surface area contributed by atoms with Crippen LogP contribution in [0.1, 0.15) is 37.0 Å². The third-order valence-corrected chi connectivity index (χ3v) is 4.31. The van der Waals surface area contributed by atoms with Crippen molar-refractivity contribution < 1.29 is 14.0 Å². The van der Waals surface area contributed by atoms with Crippen LogP contribution in [-0.2, 0) is 4.79 Å². The molecule has 1 fully saturated rings. The summed E-state index contributed by atoms with van der Waals surface area (Å²) >= 11 is 0. The maximum absolute atomic E-state index is 13.6. The highest BCUT2D eigenvalue weighted by Crippen LogP contribution is 2.10. The number of likely N-dealkylation sites (tertiary alicyclic amines) is 1. The molecule has 1 heterocycles. The lowest BCUT2D eigenvalue weighted by Gasteiger charge is -2.18. The van der Waals surface area contributed by atoms with Crippen LogP contribution < -0.4 is 16.0 Å². The summed E-state index contributed by atoms with van der Waals surface area (Å²) in [5.41, 5.74) is 0.0261. The number of benzene rings is 1. The van der Waals surface area contributed by atoms with E-state index in [2.05, 4.69) is 20.9 Å². The lowest BCUT2D eigenvalue weighted by atomic mass is 10.2. The average molecular weight is 505 g/mol. The Morgan fingerprint density at radius 2 is 2.00 bits per heavy atom. The van der Waals surface area contributed by atoms with Crippen LogP contribution in [0.15, 0.2) is 29.3 Å². The molecule has 1 aromatic carbocycles. The molecule has 0 spiro atoms. The lowest BCUT2D eigenvalue weighted by molar-refractivity contribution is -0.129. The van der Waals surface area contributed by atoms with Crippen molar-refractivity contribution in [3.8, 4) is 0 Å². The van der Waals surface area contributed by atoms with Gasteiger partial charge in [-0.05, 0) is 25.5 Å². The first-order valence-corrected chi connectivity index (χ1v) is 9.40. The van der Waals surface area contributed by atoms with Crippen molar-refractivity contribution in [3.05, 3.63) is 35.6 Å². The Kier molecular flexibility index (Phi) is 10.8. The van der Waals surface area contributed by atoms with Crippen molar-refractivity contribution in [2.24, 2.45) is 4.99 Å². The zero-order chi connectivity index (χ0) is 19.6. The van der Waals surface area contributed by atoms with E-state index in [1.165, 1.54) is 12.1 Å². The fourth-order valence-corrected chi connectivity index (χ4v) is 2.92. The minimum absolute atomic E-state index is 0. The molecule has 2 rings (SSSR count). The highest BCUT2D eigenvalue weighted by molar-refractivity contribution is 14.0. The number of amides is 2. The van der Waals surface area contributed by atoms with E-state index in [1.54, 1.807) is 12.1 Å². The number of carbonyl (C=O) groups excluding carboxylic acids is 2. The van der Waals surface area contributed by atoms with Gasteiger partial charge in [-0.1, -0.05) is 19.1 Å². The van der Waals surface area contributed by atoms with Crippen LogP contribution in [0.4, 0.5) is 4.39 Å². The normalized spacial score (nSPS) is 16.3. The predicted molar refractivity (Wildman–Crippen MR) is 119 cm³/mol. The second-order valence-electron chi connectivity index (χ2n) is 6.32. The van der Waals surface area contributed by atoms with E-state index in [1.807, 2.05) is 18.7 Å². The molecule has 28 heavy (non-hydrogen) atoms. The highest BCUT2D eigenvalue weighted by Gasteiger charge is 2.25. The number of guanidine groups is 1. The largest absolute Gasteiger partial charge is 0.357 e. The van der Waals surface area contributed by atoms with E-state index in [0.717, 1.165) is 13.0 Å². The molecule has 0 radical (unpaired) electrons. The number of nitrogens with zero attached hydrogens (tertiary/aromatic N) is 2. The molecule has 156 valence electrons. The maximum atomic E-state index is 13.6. The molecule has 3 N–H and O–H groups in total. The Hall–Kier alpha value is -1.91. The lowest BCUT2D eigenvalue weighted by Crippen LogP contribution is -2.45. The van der Waals surface area contributed by atoms with Crippen molar-refractivity contribution in [2.75, 3.05) is 32.7 Å². The highest BCUT2D eigenvalue weighted by atomic mass is 127. The first-order chi connectivity index (χ1) is 13.0. The zero-order valence-electron chi connectivity index (χ0n) is 16.3. The second kappa shape index (κ2) is 12.5. The van der Waals surface area contributed by atoms with Crippen LogP contribution in [0, 0.1) is 5.82 Å². The molecule has 1 saturated heterocycles. The molecule has 1 unspecified atom stereocenters. The Bertz CT molecular complexity index is 686. The van der Waals surface area contributed by atoms with Crippen LogP contribution in [0.5, 0.6) is 0 Å². The molecular weight excluding hydrogens is 476 g/mol. The van der Waals surface area contributed by atoms with Gasteiger partial charge in [-0.15, -0.1) is 24.0 Å². The summed E-state index contributed by atoms with van der Waals surface area (Å²) in [5, 5.41) is 9.15. The third kappa shape index (κ3) is 7.25. The maximum Gasteiger partial charge on any atom is 0.254 e. The molecule has 0 saturated carbocycles. The van der Waals surface area contributed by atoms with Crippen molar-refractivity contribution in [1.82, 2.24) is 20.9 Å². The van der Waals surface area contributed by atoms with Gasteiger partial charge in [0.15, 0.2) is 5.96 Å². The first-order valence-electron chi connectivity index (χ1n) is 9.40. The van der Waals surface area contributed by atoms with Crippen molar-refractivity contribution in [2.45, 2.75) is 32.7 Å². The minimum atomic E-state index is -0.541. The van der Waals surface area contributed by atoms with Crippen LogP contribution in [0.25, 0.3) is 0 Å². The molecule has 1 aromatic rings. The SMILES string of the molecule is CCNC(=NCCNC(=O)c1ccccc1F)NC1CCN(C(=O)CC)C1.I. The second-order valence-corrected chi connectivity index (χ2v) is 6.32. The molecule has 7 nitrogen and oxygen atoms in total. The summed E-state index contributed by atoms with van der Waals surface area (Å²) in [5.74, 6) is -0.183. The number of halogens is 2. The Balaban J connectivity index is 0.00000392. The number of hydrogen-bond donors (Lipinski definition) is 3. The van der Waals surface area contributed by atoms with Gasteiger partial charge >= 0.3 is 0 Å². The summed E-state index contributed by atoms with van der Waals surface area (Å²) < 4.78 is 13.6. The first kappa shape index (κ1) is 24.1. The summed E-state index contributed by atoms with van der Waals surface area (Å²) in [4.78, 5) is 30.0. The molecular formula is C19H29FIN5O2. The summed E-state index contributed by atoms with van der Waals surface area (Å²) in [7, 11) is 0. The van der Waals surface area contributed by atoms with Crippen LogP contribution in [0.2, 0.25) is 0 Å². The molecule has 9 heteroatoms. The standard InChI is InChI=1S/C19H28FN5O2.HI/c1-3-17(26)25-12-9-14(13-25)24-19(21-4-2)23-11-10-22-18(27)15-7-5-6-8-16(15)20;/h5-8,14H,3-4,9-13H2,1-2H3,(H,22,27)(H2,21,23,24);1H. The van der Waals surface area contributed by atoms with E-state index in [0.29, 0.717) is 38.6 Å². The van der Waals surface area contributed by atoms with Gasteiger partial charge in [0.05, 0.1) is 12.1 Å². The number of rotatable bonds is 7. The fourth-order valence-electron chi connectivity index (χ4n) is 2.92. The molecule has 1 atom stereocenters. The van der Waals surface area contributed by atoms with Gasteiger partial charge in [-0.2, -0.15) is 0 Å². The Morgan fingerprint density at radius 1 is 1.25 bits per heavy atom. The van der Waals surface area contributed by atoms with Crippen LogP contribution in [-0.4, -0.2) is 61.4 Å².